The number of nitrogens with zero attached hydrogens (tertiary/aromatic N) is 2. The Bertz CT molecular complexity index is 523. The van der Waals surface area contributed by atoms with Crippen LogP contribution in [0, 0.1) is 19.3 Å². The van der Waals surface area contributed by atoms with Crippen LogP contribution in [0.15, 0.2) is 10.5 Å². The van der Waals surface area contributed by atoms with Crippen molar-refractivity contribution in [2.45, 2.75) is 33.1 Å². The van der Waals surface area contributed by atoms with Gasteiger partial charge in [-0.05, 0) is 52.8 Å². The minimum atomic E-state index is 0.143. The monoisotopic (exact) mass is 276 g/mol. The first-order valence-electron chi connectivity index (χ1n) is 7.54. The van der Waals surface area contributed by atoms with Gasteiger partial charge in [0.05, 0.1) is 5.56 Å². The molecule has 2 fully saturated rings. The summed E-state index contributed by atoms with van der Waals surface area (Å²) in [6.07, 6.45) is 3.64. The number of carbonyl (C=O) groups is 1. The Kier molecular flexibility index (Phi) is 3.36. The molecule has 1 aromatic heterocycles. The van der Waals surface area contributed by atoms with Gasteiger partial charge in [-0.25, -0.2) is 0 Å². The van der Waals surface area contributed by atoms with Crippen molar-refractivity contribution in [1.82, 2.24) is 9.80 Å². The lowest BCUT2D eigenvalue weighted by Gasteiger charge is -2.38. The molecule has 2 saturated heterocycles. The third-order valence-corrected chi connectivity index (χ3v) is 4.85. The molecule has 0 N–H and O–H groups in total. The molecule has 0 radical (unpaired) electrons. The summed E-state index contributed by atoms with van der Waals surface area (Å²) in [4.78, 5) is 17.1. The van der Waals surface area contributed by atoms with Gasteiger partial charge in [0.15, 0.2) is 0 Å². The zero-order chi connectivity index (χ0) is 14.3. The van der Waals surface area contributed by atoms with E-state index in [9.17, 15) is 4.79 Å². The molecule has 0 aromatic carbocycles. The van der Waals surface area contributed by atoms with Crippen molar-refractivity contribution < 1.29 is 9.21 Å². The van der Waals surface area contributed by atoms with E-state index in [0.29, 0.717) is 5.41 Å². The highest BCUT2D eigenvalue weighted by atomic mass is 16.3. The number of hydrogen-bond donors (Lipinski definition) is 0. The van der Waals surface area contributed by atoms with Gasteiger partial charge in [-0.1, -0.05) is 0 Å². The molecule has 0 bridgehead atoms. The van der Waals surface area contributed by atoms with E-state index in [1.807, 2.05) is 24.8 Å². The minimum absolute atomic E-state index is 0.143. The molecular weight excluding hydrogens is 252 g/mol. The molecule has 3 heterocycles. The Morgan fingerprint density at radius 1 is 1.25 bits per heavy atom. The van der Waals surface area contributed by atoms with Gasteiger partial charge >= 0.3 is 0 Å². The van der Waals surface area contributed by atoms with E-state index in [-0.39, 0.29) is 5.91 Å². The summed E-state index contributed by atoms with van der Waals surface area (Å²) in [5.41, 5.74) is 1.07. The predicted molar refractivity (Wildman–Crippen MR) is 77.9 cm³/mol. The smallest absolute Gasteiger partial charge is 0.257 e. The topological polar surface area (TPSA) is 36.7 Å². The summed E-state index contributed by atoms with van der Waals surface area (Å²) in [6.45, 7) is 7.87. The highest BCUT2D eigenvalue weighted by Crippen LogP contribution is 2.39. The van der Waals surface area contributed by atoms with Crippen LogP contribution in [0.25, 0.3) is 0 Å². The molecular formula is C16H24N2O2. The van der Waals surface area contributed by atoms with Crippen LogP contribution in [-0.4, -0.2) is 48.9 Å². The van der Waals surface area contributed by atoms with Crippen molar-refractivity contribution in [2.24, 2.45) is 5.41 Å². The minimum Gasteiger partial charge on any atom is -0.466 e. The van der Waals surface area contributed by atoms with Gasteiger partial charge in [-0.3, -0.25) is 4.79 Å². The SMILES string of the molecule is Cc1cc(C(=O)N2CCC3(CCCN(C)C3)C2)c(C)o1. The van der Waals surface area contributed by atoms with Gasteiger partial charge in [0.25, 0.3) is 5.91 Å². The second kappa shape index (κ2) is 4.92. The molecule has 0 aliphatic carbocycles. The van der Waals surface area contributed by atoms with E-state index in [0.717, 1.165) is 43.1 Å². The van der Waals surface area contributed by atoms with Crippen molar-refractivity contribution in [1.29, 1.82) is 0 Å². The first kappa shape index (κ1) is 13.7. The molecule has 1 atom stereocenters. The second-order valence-electron chi connectivity index (χ2n) is 6.64. The standard InChI is InChI=1S/C16H24N2O2/c1-12-9-14(13(2)20-12)15(19)18-8-6-16(11-18)5-4-7-17(3)10-16/h9H,4-8,10-11H2,1-3H3. The molecule has 0 saturated carbocycles. The van der Waals surface area contributed by atoms with Crippen molar-refractivity contribution in [3.8, 4) is 0 Å². The van der Waals surface area contributed by atoms with Crippen molar-refractivity contribution >= 4 is 5.91 Å². The predicted octanol–water partition coefficient (Wildman–Crippen LogP) is 2.45. The Morgan fingerprint density at radius 3 is 2.70 bits per heavy atom. The molecule has 4 nitrogen and oxygen atoms in total. The van der Waals surface area contributed by atoms with Crippen molar-refractivity contribution in [3.63, 3.8) is 0 Å². The quantitative estimate of drug-likeness (QED) is 0.790. The highest BCUT2D eigenvalue weighted by Gasteiger charge is 2.42. The van der Waals surface area contributed by atoms with Gasteiger partial charge in [0.1, 0.15) is 11.5 Å². The average molecular weight is 276 g/mol. The number of amides is 1. The first-order valence-corrected chi connectivity index (χ1v) is 7.54. The summed E-state index contributed by atoms with van der Waals surface area (Å²) in [6, 6.07) is 1.87. The van der Waals surface area contributed by atoms with E-state index < -0.39 is 0 Å². The Hall–Kier alpha value is -1.29. The maximum Gasteiger partial charge on any atom is 0.257 e. The zero-order valence-corrected chi connectivity index (χ0v) is 12.7. The molecule has 20 heavy (non-hydrogen) atoms. The van der Waals surface area contributed by atoms with Gasteiger partial charge in [-0.15, -0.1) is 0 Å². The van der Waals surface area contributed by atoms with Gasteiger partial charge < -0.3 is 14.2 Å². The fourth-order valence-electron chi connectivity index (χ4n) is 3.91. The maximum absolute atomic E-state index is 12.6. The van der Waals surface area contributed by atoms with E-state index >= 15 is 0 Å². The fourth-order valence-corrected chi connectivity index (χ4v) is 3.91. The summed E-state index contributed by atoms with van der Waals surface area (Å²) in [5, 5.41) is 0. The first-order chi connectivity index (χ1) is 9.49. The zero-order valence-electron chi connectivity index (χ0n) is 12.7. The molecule has 1 unspecified atom stereocenters. The van der Waals surface area contributed by atoms with Crippen molar-refractivity contribution in [3.05, 3.63) is 23.2 Å². The van der Waals surface area contributed by atoms with Gasteiger partial charge in [0.2, 0.25) is 0 Å². The number of piperidine rings is 1. The van der Waals surface area contributed by atoms with Crippen LogP contribution in [-0.2, 0) is 0 Å². The molecule has 2 aliphatic rings. The lowest BCUT2D eigenvalue weighted by Crippen LogP contribution is -2.43. The van der Waals surface area contributed by atoms with E-state index in [1.54, 1.807) is 0 Å². The third kappa shape index (κ3) is 2.37. The van der Waals surface area contributed by atoms with E-state index in [4.69, 9.17) is 4.42 Å². The number of aryl methyl sites for hydroxylation is 2. The number of carbonyl (C=O) groups excluding carboxylic acids is 1. The number of rotatable bonds is 1. The Labute approximate surface area is 120 Å². The van der Waals surface area contributed by atoms with Crippen LogP contribution >= 0.6 is 0 Å². The van der Waals surface area contributed by atoms with Crippen LogP contribution in [0.1, 0.15) is 41.1 Å². The van der Waals surface area contributed by atoms with Crippen LogP contribution in [0.3, 0.4) is 0 Å². The van der Waals surface area contributed by atoms with Gasteiger partial charge in [-0.2, -0.15) is 0 Å². The van der Waals surface area contributed by atoms with Crippen LogP contribution in [0.4, 0.5) is 0 Å². The number of likely N-dealkylation sites (tertiary alicyclic amines) is 2. The fraction of sp³-hybridized carbons (Fsp3) is 0.688. The second-order valence-corrected chi connectivity index (χ2v) is 6.64. The molecule has 110 valence electrons. The molecule has 2 aliphatic heterocycles. The summed E-state index contributed by atoms with van der Waals surface area (Å²) < 4.78 is 5.49. The van der Waals surface area contributed by atoms with Crippen LogP contribution < -0.4 is 0 Å². The number of furan rings is 1. The Morgan fingerprint density at radius 2 is 2.05 bits per heavy atom. The summed E-state index contributed by atoms with van der Waals surface area (Å²) in [5.74, 6) is 1.70. The third-order valence-electron chi connectivity index (χ3n) is 4.85. The molecule has 1 amide bonds. The van der Waals surface area contributed by atoms with Crippen LogP contribution in [0.5, 0.6) is 0 Å². The van der Waals surface area contributed by atoms with E-state index in [2.05, 4.69) is 11.9 Å². The van der Waals surface area contributed by atoms with Crippen LogP contribution in [0.2, 0.25) is 0 Å². The molecule has 1 aromatic rings. The largest absolute Gasteiger partial charge is 0.466 e. The number of hydrogen-bond acceptors (Lipinski definition) is 3. The molecule has 3 rings (SSSR count). The molecule has 1 spiro atoms. The molecule has 4 heteroatoms. The highest BCUT2D eigenvalue weighted by molar-refractivity contribution is 5.95. The normalized spacial score (nSPS) is 27.4. The maximum atomic E-state index is 12.6. The Balaban J connectivity index is 1.74. The summed E-state index contributed by atoms with van der Waals surface area (Å²) >= 11 is 0. The van der Waals surface area contributed by atoms with Crippen molar-refractivity contribution in [2.75, 3.05) is 33.2 Å². The van der Waals surface area contributed by atoms with E-state index in [1.165, 1.54) is 19.4 Å². The van der Waals surface area contributed by atoms with Gasteiger partial charge in [0, 0.05) is 25.0 Å². The summed E-state index contributed by atoms with van der Waals surface area (Å²) in [7, 11) is 2.19. The lowest BCUT2D eigenvalue weighted by molar-refractivity contribution is 0.0721. The average Bonchev–Trinajstić information content (AvgIpc) is 2.93. The lowest BCUT2D eigenvalue weighted by atomic mass is 9.79.